The van der Waals surface area contributed by atoms with Crippen molar-refractivity contribution in [3.63, 3.8) is 0 Å². The Hall–Kier alpha value is -2.99. The zero-order valence-corrected chi connectivity index (χ0v) is 13.8. The van der Waals surface area contributed by atoms with E-state index in [9.17, 15) is 9.59 Å². The smallest absolute Gasteiger partial charge is 0.272 e. The van der Waals surface area contributed by atoms with E-state index in [1.54, 1.807) is 24.4 Å². The molecular weight excluding hydrogens is 304 g/mol. The van der Waals surface area contributed by atoms with Gasteiger partial charge in [-0.3, -0.25) is 29.3 Å². The Kier molecular flexibility index (Phi) is 3.91. The zero-order chi connectivity index (χ0) is 17.3. The molecule has 0 bridgehead atoms. The fourth-order valence-electron chi connectivity index (χ4n) is 2.47. The molecule has 0 unspecified atom stereocenters. The van der Waals surface area contributed by atoms with E-state index in [4.69, 9.17) is 0 Å². The van der Waals surface area contributed by atoms with Crippen LogP contribution in [-0.2, 0) is 0 Å². The van der Waals surface area contributed by atoms with E-state index >= 15 is 0 Å². The standard InChI is InChI=1S/C18H18N4O2/c1-22(2,3)13-9-7-12(8-10-13)11-19-15-6-4-5-14-16(15)18(24)21-20-17(14)23/h4-11H,1-3H3,(H-,20,21,23,24)/p+1. The average Bonchev–Trinajstić information content (AvgIpc) is 2.56. The maximum absolute atomic E-state index is 12.0. The lowest BCUT2D eigenvalue weighted by Gasteiger charge is -2.23. The van der Waals surface area contributed by atoms with Gasteiger partial charge in [0, 0.05) is 6.21 Å². The van der Waals surface area contributed by atoms with E-state index in [-0.39, 0.29) is 11.1 Å². The van der Waals surface area contributed by atoms with E-state index in [0.717, 1.165) is 10.0 Å². The molecule has 2 N–H and O–H groups in total. The van der Waals surface area contributed by atoms with Crippen molar-refractivity contribution in [1.29, 1.82) is 0 Å². The minimum atomic E-state index is -0.363. The van der Waals surface area contributed by atoms with Crippen molar-refractivity contribution in [2.75, 3.05) is 21.1 Å². The van der Waals surface area contributed by atoms with Crippen LogP contribution in [-0.4, -0.2) is 37.6 Å². The van der Waals surface area contributed by atoms with Crippen LogP contribution in [0.3, 0.4) is 0 Å². The lowest BCUT2D eigenvalue weighted by Crippen LogP contribution is -2.34. The molecule has 0 aliphatic heterocycles. The highest BCUT2D eigenvalue weighted by Crippen LogP contribution is 2.21. The van der Waals surface area contributed by atoms with Crippen molar-refractivity contribution in [2.24, 2.45) is 4.99 Å². The molecule has 0 aliphatic carbocycles. The van der Waals surface area contributed by atoms with Gasteiger partial charge in [0.2, 0.25) is 0 Å². The molecule has 0 radical (unpaired) electrons. The number of nitrogens with zero attached hydrogens (tertiary/aromatic N) is 2. The van der Waals surface area contributed by atoms with Gasteiger partial charge in [0.25, 0.3) is 11.1 Å². The number of quaternary nitrogens is 1. The Morgan fingerprint density at radius 3 is 2.25 bits per heavy atom. The first-order valence-electron chi connectivity index (χ1n) is 7.56. The Morgan fingerprint density at radius 2 is 1.58 bits per heavy atom. The predicted molar refractivity (Wildman–Crippen MR) is 98.5 cm³/mol. The number of nitrogens with one attached hydrogen (secondary N) is 2. The van der Waals surface area contributed by atoms with Gasteiger partial charge in [0.05, 0.1) is 37.6 Å². The number of hydrogen-bond acceptors (Lipinski definition) is 3. The van der Waals surface area contributed by atoms with Gasteiger partial charge in [-0.2, -0.15) is 0 Å². The first-order valence-corrected chi connectivity index (χ1v) is 7.56. The molecule has 122 valence electrons. The van der Waals surface area contributed by atoms with Gasteiger partial charge in [-0.15, -0.1) is 0 Å². The van der Waals surface area contributed by atoms with Crippen LogP contribution in [0.4, 0.5) is 11.4 Å². The van der Waals surface area contributed by atoms with Crippen molar-refractivity contribution < 1.29 is 0 Å². The monoisotopic (exact) mass is 323 g/mol. The number of aromatic nitrogens is 2. The quantitative estimate of drug-likeness (QED) is 0.572. The van der Waals surface area contributed by atoms with E-state index in [1.165, 1.54) is 5.69 Å². The van der Waals surface area contributed by atoms with Crippen molar-refractivity contribution in [2.45, 2.75) is 0 Å². The fourth-order valence-corrected chi connectivity index (χ4v) is 2.47. The third-order valence-electron chi connectivity index (χ3n) is 3.82. The fraction of sp³-hybridized carbons (Fsp3) is 0.167. The third kappa shape index (κ3) is 3.04. The summed E-state index contributed by atoms with van der Waals surface area (Å²) in [5, 5.41) is 5.27. The van der Waals surface area contributed by atoms with Gasteiger partial charge in [0.1, 0.15) is 5.69 Å². The average molecular weight is 323 g/mol. The minimum absolute atomic E-state index is 0.292. The number of aromatic amines is 2. The summed E-state index contributed by atoms with van der Waals surface area (Å²) in [6.07, 6.45) is 1.69. The van der Waals surface area contributed by atoms with E-state index in [0.29, 0.717) is 16.5 Å². The Morgan fingerprint density at radius 1 is 0.917 bits per heavy atom. The number of fused-ring (bicyclic) bond motifs is 1. The van der Waals surface area contributed by atoms with Crippen molar-refractivity contribution in [1.82, 2.24) is 14.7 Å². The highest BCUT2D eigenvalue weighted by molar-refractivity contribution is 5.94. The summed E-state index contributed by atoms with van der Waals surface area (Å²) in [5.41, 5.74) is 1.87. The summed E-state index contributed by atoms with van der Waals surface area (Å²) < 4.78 is 0.735. The molecular formula is C18H19N4O2+. The van der Waals surface area contributed by atoms with Crippen molar-refractivity contribution in [3.8, 4) is 0 Å². The van der Waals surface area contributed by atoms with Crippen molar-refractivity contribution >= 4 is 28.4 Å². The molecule has 1 heterocycles. The second-order valence-electron chi connectivity index (χ2n) is 6.47. The Bertz CT molecular complexity index is 1020. The largest absolute Gasteiger partial charge is 0.298 e. The summed E-state index contributed by atoms with van der Waals surface area (Å²) in [6.45, 7) is 0. The molecule has 1 aromatic heterocycles. The minimum Gasteiger partial charge on any atom is -0.298 e. The summed E-state index contributed by atoms with van der Waals surface area (Å²) in [7, 11) is 6.30. The SMILES string of the molecule is C[N+](C)(C)c1ccc(C=Nc2cccc3c(=O)[nH][nH]c(=O)c23)cc1. The van der Waals surface area contributed by atoms with Crippen LogP contribution in [0.1, 0.15) is 5.56 Å². The summed E-state index contributed by atoms with van der Waals surface area (Å²) in [6, 6.07) is 13.1. The molecule has 2 aromatic carbocycles. The van der Waals surface area contributed by atoms with Crippen LogP contribution in [0.25, 0.3) is 10.8 Å². The highest BCUT2D eigenvalue weighted by atomic mass is 16.1. The van der Waals surface area contributed by atoms with Crippen LogP contribution in [0.15, 0.2) is 57.0 Å². The summed E-state index contributed by atoms with van der Waals surface area (Å²) >= 11 is 0. The molecule has 3 rings (SSSR count). The van der Waals surface area contributed by atoms with Crippen LogP contribution in [0.2, 0.25) is 0 Å². The predicted octanol–water partition coefficient (Wildman–Crippen LogP) is 2.16. The van der Waals surface area contributed by atoms with Crippen LogP contribution >= 0.6 is 0 Å². The molecule has 0 saturated heterocycles. The highest BCUT2D eigenvalue weighted by Gasteiger charge is 2.11. The second-order valence-corrected chi connectivity index (χ2v) is 6.47. The molecule has 0 fully saturated rings. The van der Waals surface area contributed by atoms with Gasteiger partial charge in [-0.25, -0.2) is 0 Å². The molecule has 0 spiro atoms. The Balaban J connectivity index is 2.01. The Labute approximate surface area is 138 Å². The van der Waals surface area contributed by atoms with Gasteiger partial charge in [0.15, 0.2) is 0 Å². The second kappa shape index (κ2) is 5.90. The molecule has 6 nitrogen and oxygen atoms in total. The maximum atomic E-state index is 12.0. The normalized spacial score (nSPS) is 12.1. The first-order chi connectivity index (χ1) is 11.4. The maximum Gasteiger partial charge on any atom is 0.272 e. The van der Waals surface area contributed by atoms with Gasteiger partial charge >= 0.3 is 0 Å². The number of hydrogen-bond donors (Lipinski definition) is 2. The molecule has 6 heteroatoms. The van der Waals surface area contributed by atoms with Crippen LogP contribution < -0.4 is 15.6 Å². The van der Waals surface area contributed by atoms with Gasteiger partial charge in [-0.1, -0.05) is 6.07 Å². The molecule has 0 aliphatic rings. The lowest BCUT2D eigenvalue weighted by atomic mass is 10.1. The van der Waals surface area contributed by atoms with E-state index in [2.05, 4.69) is 36.3 Å². The molecule has 0 amide bonds. The van der Waals surface area contributed by atoms with Gasteiger partial charge in [-0.05, 0) is 42.0 Å². The van der Waals surface area contributed by atoms with Gasteiger partial charge < -0.3 is 0 Å². The van der Waals surface area contributed by atoms with E-state index < -0.39 is 0 Å². The third-order valence-corrected chi connectivity index (χ3v) is 3.82. The van der Waals surface area contributed by atoms with Crippen LogP contribution in [0.5, 0.6) is 0 Å². The summed E-state index contributed by atoms with van der Waals surface area (Å²) in [5.74, 6) is 0. The number of aliphatic imine (C=N–C) groups is 1. The number of benzene rings is 2. The summed E-state index contributed by atoms with van der Waals surface area (Å²) in [4.78, 5) is 28.2. The molecule has 3 aromatic rings. The van der Waals surface area contributed by atoms with Crippen LogP contribution in [0, 0.1) is 0 Å². The number of H-pyrrole nitrogens is 2. The molecule has 24 heavy (non-hydrogen) atoms. The molecule has 0 saturated carbocycles. The molecule has 0 atom stereocenters. The van der Waals surface area contributed by atoms with E-state index in [1.807, 2.05) is 24.3 Å². The topological polar surface area (TPSA) is 78.1 Å². The van der Waals surface area contributed by atoms with Crippen molar-refractivity contribution in [3.05, 3.63) is 68.7 Å². The zero-order valence-electron chi connectivity index (χ0n) is 13.8. The first kappa shape index (κ1) is 15.9. The number of rotatable bonds is 3. The lowest BCUT2D eigenvalue weighted by molar-refractivity contribution is 0.486.